The minimum absolute atomic E-state index is 0.0166. The van der Waals surface area contributed by atoms with Crippen molar-refractivity contribution in [2.24, 2.45) is 0 Å². The Morgan fingerprint density at radius 2 is 1.67 bits per heavy atom. The number of amides is 1. The molecule has 2 aromatic rings. The maximum Gasteiger partial charge on any atom is 0.265 e. The molecule has 126 valence electrons. The van der Waals surface area contributed by atoms with Crippen molar-refractivity contribution in [2.75, 3.05) is 11.9 Å². The van der Waals surface area contributed by atoms with Gasteiger partial charge in [-0.25, -0.2) is 0 Å². The zero-order valence-corrected chi connectivity index (χ0v) is 14.0. The Labute approximate surface area is 141 Å². The summed E-state index contributed by atoms with van der Waals surface area (Å²) in [5.74, 6) is 0.827. The maximum atomic E-state index is 12.3. The third kappa shape index (κ3) is 4.59. The molecule has 0 unspecified atom stereocenters. The number of hydrogen-bond donors (Lipinski definition) is 1. The van der Waals surface area contributed by atoms with Gasteiger partial charge in [-0.3, -0.25) is 9.59 Å². The van der Waals surface area contributed by atoms with Crippen molar-refractivity contribution in [3.05, 3.63) is 54.1 Å². The van der Waals surface area contributed by atoms with Gasteiger partial charge in [0.2, 0.25) is 0 Å². The van der Waals surface area contributed by atoms with Crippen LogP contribution in [0, 0.1) is 0 Å². The van der Waals surface area contributed by atoms with Crippen LogP contribution in [-0.2, 0) is 4.79 Å². The van der Waals surface area contributed by atoms with Gasteiger partial charge in [-0.15, -0.1) is 0 Å². The van der Waals surface area contributed by atoms with Gasteiger partial charge in [0.1, 0.15) is 0 Å². The molecule has 5 nitrogen and oxygen atoms in total. The molecule has 1 amide bonds. The van der Waals surface area contributed by atoms with Crippen molar-refractivity contribution in [1.82, 2.24) is 0 Å². The predicted molar refractivity (Wildman–Crippen MR) is 92.8 cm³/mol. The largest absolute Gasteiger partial charge is 0.490 e. The van der Waals surface area contributed by atoms with E-state index in [0.29, 0.717) is 29.4 Å². The van der Waals surface area contributed by atoms with Gasteiger partial charge in [-0.2, -0.15) is 0 Å². The Hall–Kier alpha value is -2.82. The van der Waals surface area contributed by atoms with E-state index in [1.165, 1.54) is 6.92 Å². The highest BCUT2D eigenvalue weighted by atomic mass is 16.5. The lowest BCUT2D eigenvalue weighted by Crippen LogP contribution is -2.30. The molecule has 0 saturated heterocycles. The molecule has 0 heterocycles. The van der Waals surface area contributed by atoms with E-state index in [1.54, 1.807) is 43.3 Å². The first kappa shape index (κ1) is 17.5. The Balaban J connectivity index is 2.01. The Bertz CT molecular complexity index is 710. The quantitative estimate of drug-likeness (QED) is 0.788. The number of benzene rings is 2. The molecule has 1 N–H and O–H groups in total. The molecule has 0 aromatic heterocycles. The van der Waals surface area contributed by atoms with E-state index in [9.17, 15) is 9.59 Å². The second-order valence-electron chi connectivity index (χ2n) is 5.26. The lowest BCUT2D eigenvalue weighted by atomic mass is 10.1. The zero-order chi connectivity index (χ0) is 17.5. The van der Waals surface area contributed by atoms with Gasteiger partial charge in [-0.1, -0.05) is 12.1 Å². The van der Waals surface area contributed by atoms with Gasteiger partial charge in [0, 0.05) is 11.3 Å². The molecule has 2 aromatic carbocycles. The van der Waals surface area contributed by atoms with E-state index in [-0.39, 0.29) is 11.7 Å². The molecule has 24 heavy (non-hydrogen) atoms. The van der Waals surface area contributed by atoms with E-state index in [1.807, 2.05) is 19.1 Å². The third-order valence-electron chi connectivity index (χ3n) is 3.38. The van der Waals surface area contributed by atoms with Crippen LogP contribution >= 0.6 is 0 Å². The van der Waals surface area contributed by atoms with Crippen LogP contribution < -0.4 is 14.8 Å². The molecule has 0 aliphatic carbocycles. The van der Waals surface area contributed by atoms with E-state index < -0.39 is 6.10 Å². The molecule has 0 saturated carbocycles. The first-order chi connectivity index (χ1) is 11.5. The SMILES string of the molecule is CCOc1ccccc1O[C@H](C)C(=O)Nc1ccc(C(C)=O)cc1. The number of Topliss-reactive ketones (excluding diaryl/α,β-unsaturated/α-hetero) is 1. The Morgan fingerprint density at radius 1 is 1.04 bits per heavy atom. The minimum Gasteiger partial charge on any atom is -0.490 e. The first-order valence-electron chi connectivity index (χ1n) is 7.81. The molecule has 0 radical (unpaired) electrons. The van der Waals surface area contributed by atoms with Gasteiger partial charge < -0.3 is 14.8 Å². The monoisotopic (exact) mass is 327 g/mol. The van der Waals surface area contributed by atoms with E-state index in [4.69, 9.17) is 9.47 Å². The highest BCUT2D eigenvalue weighted by Crippen LogP contribution is 2.27. The molecule has 0 bridgehead atoms. The van der Waals surface area contributed by atoms with Gasteiger partial charge in [0.25, 0.3) is 5.91 Å². The topological polar surface area (TPSA) is 64.6 Å². The van der Waals surface area contributed by atoms with Gasteiger partial charge >= 0.3 is 0 Å². The fourth-order valence-corrected chi connectivity index (χ4v) is 2.10. The summed E-state index contributed by atoms with van der Waals surface area (Å²) in [6, 6.07) is 14.0. The van der Waals surface area contributed by atoms with Crippen LogP contribution in [0.3, 0.4) is 0 Å². The average molecular weight is 327 g/mol. The normalized spacial score (nSPS) is 11.5. The molecular formula is C19H21NO4. The molecule has 1 atom stereocenters. The smallest absolute Gasteiger partial charge is 0.265 e. The summed E-state index contributed by atoms with van der Waals surface area (Å²) in [7, 11) is 0. The van der Waals surface area contributed by atoms with Crippen LogP contribution in [0.15, 0.2) is 48.5 Å². The molecule has 0 spiro atoms. The van der Waals surface area contributed by atoms with E-state index >= 15 is 0 Å². The van der Waals surface area contributed by atoms with E-state index in [0.717, 1.165) is 0 Å². The number of rotatable bonds is 7. The number of carbonyl (C=O) groups is 2. The molecular weight excluding hydrogens is 306 g/mol. The Morgan fingerprint density at radius 3 is 2.25 bits per heavy atom. The van der Waals surface area contributed by atoms with Crippen molar-refractivity contribution < 1.29 is 19.1 Å². The van der Waals surface area contributed by atoms with Gasteiger partial charge in [-0.05, 0) is 57.2 Å². The third-order valence-corrected chi connectivity index (χ3v) is 3.38. The molecule has 0 aliphatic heterocycles. The summed E-state index contributed by atoms with van der Waals surface area (Å²) in [6.45, 7) is 5.57. The van der Waals surface area contributed by atoms with Crippen LogP contribution in [0.2, 0.25) is 0 Å². The lowest BCUT2D eigenvalue weighted by Gasteiger charge is -2.17. The molecule has 2 rings (SSSR count). The predicted octanol–water partition coefficient (Wildman–Crippen LogP) is 3.69. The Kier molecular flexibility index (Phi) is 5.95. The van der Waals surface area contributed by atoms with Crippen molar-refractivity contribution in [1.29, 1.82) is 0 Å². The minimum atomic E-state index is -0.695. The second-order valence-corrected chi connectivity index (χ2v) is 5.26. The van der Waals surface area contributed by atoms with Crippen LogP contribution in [0.1, 0.15) is 31.1 Å². The summed E-state index contributed by atoms with van der Waals surface area (Å²) in [4.78, 5) is 23.5. The highest BCUT2D eigenvalue weighted by molar-refractivity contribution is 5.96. The van der Waals surface area contributed by atoms with E-state index in [2.05, 4.69) is 5.32 Å². The van der Waals surface area contributed by atoms with Crippen molar-refractivity contribution in [2.45, 2.75) is 26.9 Å². The molecule has 5 heteroatoms. The van der Waals surface area contributed by atoms with Gasteiger partial charge in [0.05, 0.1) is 6.61 Å². The summed E-state index contributed by atoms with van der Waals surface area (Å²) in [5.41, 5.74) is 1.21. The molecule has 0 fully saturated rings. The van der Waals surface area contributed by atoms with Crippen LogP contribution in [0.5, 0.6) is 11.5 Å². The maximum absolute atomic E-state index is 12.3. The first-order valence-corrected chi connectivity index (χ1v) is 7.81. The van der Waals surface area contributed by atoms with Crippen molar-refractivity contribution in [3.8, 4) is 11.5 Å². The number of ether oxygens (including phenoxy) is 2. The van der Waals surface area contributed by atoms with Crippen LogP contribution in [-0.4, -0.2) is 24.4 Å². The molecule has 0 aliphatic rings. The highest BCUT2D eigenvalue weighted by Gasteiger charge is 2.17. The number of anilines is 1. The number of nitrogens with one attached hydrogen (secondary N) is 1. The number of carbonyl (C=O) groups excluding carboxylic acids is 2. The average Bonchev–Trinajstić information content (AvgIpc) is 2.57. The van der Waals surface area contributed by atoms with Crippen LogP contribution in [0.4, 0.5) is 5.69 Å². The standard InChI is InChI=1S/C19H21NO4/c1-4-23-17-7-5-6-8-18(17)24-14(3)19(22)20-16-11-9-15(10-12-16)13(2)21/h5-12,14H,4H2,1-3H3,(H,20,22)/t14-/m1/s1. The summed E-state index contributed by atoms with van der Waals surface area (Å²) in [6.07, 6.45) is -0.695. The fraction of sp³-hybridized carbons (Fsp3) is 0.263. The lowest BCUT2D eigenvalue weighted by molar-refractivity contribution is -0.122. The van der Waals surface area contributed by atoms with Gasteiger partial charge in [0.15, 0.2) is 23.4 Å². The summed E-state index contributed by atoms with van der Waals surface area (Å²) in [5, 5.41) is 2.76. The number of hydrogen-bond acceptors (Lipinski definition) is 4. The second kappa shape index (κ2) is 8.15. The summed E-state index contributed by atoms with van der Waals surface area (Å²) < 4.78 is 11.2. The van der Waals surface area contributed by atoms with Crippen LogP contribution in [0.25, 0.3) is 0 Å². The van der Waals surface area contributed by atoms with Crippen molar-refractivity contribution >= 4 is 17.4 Å². The number of ketones is 1. The fourth-order valence-electron chi connectivity index (χ4n) is 2.10. The zero-order valence-electron chi connectivity index (χ0n) is 14.0. The van der Waals surface area contributed by atoms with Crippen molar-refractivity contribution in [3.63, 3.8) is 0 Å². The summed E-state index contributed by atoms with van der Waals surface area (Å²) >= 11 is 0. The number of para-hydroxylation sites is 2.